The van der Waals surface area contributed by atoms with Crippen molar-refractivity contribution in [2.45, 2.75) is 87.8 Å². The van der Waals surface area contributed by atoms with E-state index in [9.17, 15) is 18.4 Å². The van der Waals surface area contributed by atoms with Crippen LogP contribution in [-0.4, -0.2) is 71.5 Å². The Morgan fingerprint density at radius 1 is 1.09 bits per heavy atom. The lowest BCUT2D eigenvalue weighted by atomic mass is 9.72. The van der Waals surface area contributed by atoms with Gasteiger partial charge in [0.15, 0.2) is 0 Å². The first-order chi connectivity index (χ1) is 15.2. The number of terminal acetylenes is 1. The highest BCUT2D eigenvalue weighted by Crippen LogP contribution is 2.43. The van der Waals surface area contributed by atoms with E-state index in [1.54, 1.807) is 4.90 Å². The Hall–Kier alpha value is -1.88. The number of hydrogen-bond donors (Lipinski definition) is 2. The number of rotatable bonds is 8. The first-order valence-corrected chi connectivity index (χ1v) is 12.2. The van der Waals surface area contributed by atoms with E-state index in [2.05, 4.69) is 21.5 Å². The summed E-state index contributed by atoms with van der Waals surface area (Å²) in [7, 11) is 0. The third kappa shape index (κ3) is 4.88. The average molecular weight is 449 g/mol. The van der Waals surface area contributed by atoms with Crippen LogP contribution in [0.3, 0.4) is 0 Å². The van der Waals surface area contributed by atoms with E-state index >= 15 is 0 Å². The van der Waals surface area contributed by atoms with Crippen LogP contribution in [0.5, 0.6) is 0 Å². The van der Waals surface area contributed by atoms with E-state index in [0.717, 1.165) is 44.8 Å². The summed E-state index contributed by atoms with van der Waals surface area (Å²) in [5.74, 6) is -1.01. The number of nitrogens with one attached hydrogen (secondary N) is 2. The Kier molecular flexibility index (Phi) is 5.39. The third-order valence-corrected chi connectivity index (χ3v) is 8.05. The van der Waals surface area contributed by atoms with Crippen molar-refractivity contribution in [2.24, 2.45) is 11.3 Å². The Bertz CT molecular complexity index is 797. The van der Waals surface area contributed by atoms with Crippen molar-refractivity contribution in [2.75, 3.05) is 26.2 Å². The summed E-state index contributed by atoms with van der Waals surface area (Å²) in [6.07, 6.45) is 12.2. The molecule has 0 aromatic rings. The second-order valence-electron chi connectivity index (χ2n) is 11.0. The molecular weight excluding hydrogens is 414 g/mol. The van der Waals surface area contributed by atoms with Crippen molar-refractivity contribution in [1.82, 2.24) is 20.4 Å². The molecule has 0 aromatic carbocycles. The molecule has 5 aliphatic rings. The molecule has 2 aliphatic heterocycles. The summed E-state index contributed by atoms with van der Waals surface area (Å²) in [4.78, 5) is 29.9. The van der Waals surface area contributed by atoms with Gasteiger partial charge >= 0.3 is 6.03 Å². The second-order valence-corrected chi connectivity index (χ2v) is 11.0. The van der Waals surface area contributed by atoms with Gasteiger partial charge in [0.05, 0.1) is 0 Å². The molecule has 5 fully saturated rings. The molecule has 2 N–H and O–H groups in total. The first kappa shape index (κ1) is 21.9. The fraction of sp³-hybridized carbons (Fsp3) is 0.833. The van der Waals surface area contributed by atoms with Gasteiger partial charge in [0.25, 0.3) is 5.92 Å². The number of carbonyl (C=O) groups is 2. The molecule has 0 unspecified atom stereocenters. The molecule has 176 valence electrons. The fourth-order valence-electron chi connectivity index (χ4n) is 5.36. The second kappa shape index (κ2) is 7.86. The SMILES string of the molecule is C#CC1(NC(=O)[C@H](CC(F)(F)CC2CC2)NC(=O)N2CC3(CCN(C4CC4)CC3)C2)CC1. The molecule has 2 saturated heterocycles. The molecule has 0 bridgehead atoms. The van der Waals surface area contributed by atoms with Crippen molar-refractivity contribution in [3.63, 3.8) is 0 Å². The minimum atomic E-state index is -2.99. The number of halogens is 2. The van der Waals surface area contributed by atoms with E-state index in [0.29, 0.717) is 25.9 Å². The number of piperidine rings is 1. The largest absolute Gasteiger partial charge is 0.338 e. The molecule has 5 rings (SSSR count). The van der Waals surface area contributed by atoms with Crippen LogP contribution < -0.4 is 10.6 Å². The Morgan fingerprint density at radius 3 is 2.28 bits per heavy atom. The van der Waals surface area contributed by atoms with Gasteiger partial charge in [-0.2, -0.15) is 0 Å². The Morgan fingerprint density at radius 2 is 1.75 bits per heavy atom. The zero-order chi connectivity index (χ0) is 22.6. The zero-order valence-corrected chi connectivity index (χ0v) is 18.7. The van der Waals surface area contributed by atoms with Crippen LogP contribution in [0.2, 0.25) is 0 Å². The predicted molar refractivity (Wildman–Crippen MR) is 116 cm³/mol. The number of urea groups is 1. The van der Waals surface area contributed by atoms with Crippen molar-refractivity contribution in [3.05, 3.63) is 0 Å². The molecule has 32 heavy (non-hydrogen) atoms. The molecule has 1 spiro atoms. The monoisotopic (exact) mass is 448 g/mol. The van der Waals surface area contributed by atoms with E-state index in [4.69, 9.17) is 6.42 Å². The number of carbonyl (C=O) groups excluding carboxylic acids is 2. The minimum Gasteiger partial charge on any atom is -0.338 e. The van der Waals surface area contributed by atoms with Crippen LogP contribution >= 0.6 is 0 Å². The van der Waals surface area contributed by atoms with Crippen LogP contribution in [0.4, 0.5) is 13.6 Å². The molecule has 1 atom stereocenters. The van der Waals surface area contributed by atoms with E-state index < -0.39 is 35.9 Å². The predicted octanol–water partition coefficient (Wildman–Crippen LogP) is 2.73. The van der Waals surface area contributed by atoms with Crippen molar-refractivity contribution < 1.29 is 18.4 Å². The van der Waals surface area contributed by atoms with E-state index in [1.807, 2.05) is 0 Å². The van der Waals surface area contributed by atoms with Gasteiger partial charge in [0.2, 0.25) is 5.91 Å². The highest BCUT2D eigenvalue weighted by Gasteiger charge is 2.50. The van der Waals surface area contributed by atoms with Crippen LogP contribution in [0.15, 0.2) is 0 Å². The smallest absolute Gasteiger partial charge is 0.318 e. The quantitative estimate of drug-likeness (QED) is 0.562. The number of hydrogen-bond acceptors (Lipinski definition) is 3. The van der Waals surface area contributed by atoms with E-state index in [1.165, 1.54) is 12.8 Å². The number of likely N-dealkylation sites (tertiary alicyclic amines) is 2. The van der Waals surface area contributed by atoms with Gasteiger partial charge in [-0.15, -0.1) is 6.42 Å². The molecule has 0 radical (unpaired) electrons. The Balaban J connectivity index is 1.16. The zero-order valence-electron chi connectivity index (χ0n) is 18.7. The van der Waals surface area contributed by atoms with Crippen LogP contribution in [0.1, 0.15) is 64.2 Å². The average Bonchev–Trinajstić information content (AvgIpc) is 3.58. The summed E-state index contributed by atoms with van der Waals surface area (Å²) < 4.78 is 29.2. The summed E-state index contributed by atoms with van der Waals surface area (Å²) in [6.45, 7) is 3.43. The van der Waals surface area contributed by atoms with Gasteiger partial charge < -0.3 is 20.4 Å². The lowest BCUT2D eigenvalue weighted by Gasteiger charge is -2.54. The molecule has 8 heteroatoms. The maximum Gasteiger partial charge on any atom is 0.318 e. The molecule has 2 heterocycles. The number of nitrogens with zero attached hydrogens (tertiary/aromatic N) is 2. The van der Waals surface area contributed by atoms with Crippen LogP contribution in [0.25, 0.3) is 0 Å². The van der Waals surface area contributed by atoms with Gasteiger partial charge in [-0.3, -0.25) is 4.79 Å². The summed E-state index contributed by atoms with van der Waals surface area (Å²) in [5.41, 5.74) is -0.583. The van der Waals surface area contributed by atoms with Crippen LogP contribution in [-0.2, 0) is 4.79 Å². The standard InChI is InChI=1S/C24H34F2N4O2/c1-2-23(7-8-23)28-20(31)19(14-24(25,26)13-17-3-4-17)27-21(32)30-15-22(16-30)9-11-29(12-10-22)18-5-6-18/h1,17-19H,3-16H2,(H,27,32)(H,28,31)/t19-/m0/s1. The fourth-order valence-corrected chi connectivity index (χ4v) is 5.36. The third-order valence-electron chi connectivity index (χ3n) is 8.05. The highest BCUT2D eigenvalue weighted by atomic mass is 19.3. The molecule has 3 aliphatic carbocycles. The minimum absolute atomic E-state index is 0.0293. The van der Waals surface area contributed by atoms with Gasteiger partial charge in [-0.1, -0.05) is 5.92 Å². The maximum atomic E-state index is 14.6. The summed E-state index contributed by atoms with van der Waals surface area (Å²) in [5, 5.41) is 5.34. The lowest BCUT2D eigenvalue weighted by molar-refractivity contribution is -0.126. The van der Waals surface area contributed by atoms with E-state index in [-0.39, 0.29) is 17.8 Å². The highest BCUT2D eigenvalue weighted by molar-refractivity contribution is 5.88. The van der Waals surface area contributed by atoms with Crippen molar-refractivity contribution >= 4 is 11.9 Å². The Labute approximate surface area is 188 Å². The number of alkyl halides is 2. The summed E-state index contributed by atoms with van der Waals surface area (Å²) in [6, 6.07) is -0.940. The van der Waals surface area contributed by atoms with Gasteiger partial charge in [0.1, 0.15) is 11.6 Å². The lowest BCUT2D eigenvalue weighted by Crippen LogP contribution is -2.65. The normalized spacial score (nSPS) is 27.2. The number of amides is 3. The topological polar surface area (TPSA) is 64.7 Å². The first-order valence-electron chi connectivity index (χ1n) is 12.2. The van der Waals surface area contributed by atoms with Crippen molar-refractivity contribution in [3.8, 4) is 12.3 Å². The molecule has 3 saturated carbocycles. The molecule has 3 amide bonds. The van der Waals surface area contributed by atoms with Gasteiger partial charge in [-0.05, 0) is 70.4 Å². The van der Waals surface area contributed by atoms with Gasteiger partial charge in [0, 0.05) is 37.4 Å². The molecule has 6 nitrogen and oxygen atoms in total. The molecule has 0 aromatic heterocycles. The van der Waals surface area contributed by atoms with Gasteiger partial charge in [-0.25, -0.2) is 13.6 Å². The van der Waals surface area contributed by atoms with Crippen LogP contribution in [0, 0.1) is 23.7 Å². The maximum absolute atomic E-state index is 14.6. The summed E-state index contributed by atoms with van der Waals surface area (Å²) >= 11 is 0. The molecular formula is C24H34F2N4O2. The van der Waals surface area contributed by atoms with Crippen molar-refractivity contribution in [1.29, 1.82) is 0 Å².